The fourth-order valence-corrected chi connectivity index (χ4v) is 3.31. The first-order chi connectivity index (χ1) is 10.1. The molecule has 3 aromatic carbocycles. The minimum atomic E-state index is -0.00301. The Balaban J connectivity index is 1.89. The molecule has 0 saturated carbocycles. The lowest BCUT2D eigenvalue weighted by Crippen LogP contribution is -2.13. The quantitative estimate of drug-likeness (QED) is 0.603. The van der Waals surface area contributed by atoms with Crippen LogP contribution in [0.5, 0.6) is 0 Å². The van der Waals surface area contributed by atoms with Gasteiger partial charge in [0.05, 0.1) is 0 Å². The van der Waals surface area contributed by atoms with Crippen molar-refractivity contribution in [2.45, 2.75) is 12.5 Å². The molecule has 1 unspecified atom stereocenters. The molecule has 21 heavy (non-hydrogen) atoms. The van der Waals surface area contributed by atoms with Gasteiger partial charge in [-0.25, -0.2) is 0 Å². The van der Waals surface area contributed by atoms with E-state index in [2.05, 4.69) is 80.4 Å². The normalized spacial score (nSPS) is 12.5. The summed E-state index contributed by atoms with van der Waals surface area (Å²) < 4.78 is 2.21. The summed E-state index contributed by atoms with van der Waals surface area (Å²) in [5.74, 6) is 0. The van der Waals surface area contributed by atoms with Crippen LogP contribution in [0.15, 0.2) is 69.6 Å². The highest BCUT2D eigenvalue weighted by Crippen LogP contribution is 2.26. The van der Waals surface area contributed by atoms with Gasteiger partial charge in [-0.3, -0.25) is 0 Å². The summed E-state index contributed by atoms with van der Waals surface area (Å²) >= 11 is 7.09. The Morgan fingerprint density at radius 2 is 1.57 bits per heavy atom. The van der Waals surface area contributed by atoms with Crippen molar-refractivity contribution in [1.82, 2.24) is 0 Å². The molecule has 0 amide bonds. The lowest BCUT2D eigenvalue weighted by molar-refractivity contribution is 0.721. The molecule has 0 aliphatic carbocycles. The number of benzene rings is 3. The lowest BCUT2D eigenvalue weighted by atomic mass is 9.97. The van der Waals surface area contributed by atoms with E-state index in [0.717, 1.165) is 15.4 Å². The predicted octanol–water partition coefficient (Wildman–Crippen LogP) is 5.61. The summed E-state index contributed by atoms with van der Waals surface area (Å²) in [5, 5.41) is 2.44. The molecular weight excluding hydrogens is 390 g/mol. The third-order valence-corrected chi connectivity index (χ3v) is 4.92. The highest BCUT2D eigenvalue weighted by molar-refractivity contribution is 9.10. The average molecular weight is 405 g/mol. The van der Waals surface area contributed by atoms with Crippen molar-refractivity contribution < 1.29 is 0 Å². The molecule has 106 valence electrons. The van der Waals surface area contributed by atoms with Crippen LogP contribution in [0.3, 0.4) is 0 Å². The third kappa shape index (κ3) is 3.37. The van der Waals surface area contributed by atoms with Crippen LogP contribution >= 0.6 is 31.9 Å². The van der Waals surface area contributed by atoms with Gasteiger partial charge in [0, 0.05) is 15.0 Å². The molecule has 1 nitrogen and oxygen atoms in total. The van der Waals surface area contributed by atoms with Gasteiger partial charge < -0.3 is 5.73 Å². The molecule has 0 radical (unpaired) electrons. The van der Waals surface area contributed by atoms with Crippen LogP contribution < -0.4 is 5.73 Å². The first-order valence-corrected chi connectivity index (χ1v) is 8.40. The van der Waals surface area contributed by atoms with E-state index < -0.39 is 0 Å². The number of hydrogen-bond donors (Lipinski definition) is 1. The van der Waals surface area contributed by atoms with Crippen molar-refractivity contribution in [3.05, 3.63) is 80.7 Å². The SMILES string of the molecule is NC(Cc1ccccc1Br)c1ccc2cc(Br)ccc2c1. The lowest BCUT2D eigenvalue weighted by Gasteiger charge is -2.14. The van der Waals surface area contributed by atoms with Gasteiger partial charge in [-0.2, -0.15) is 0 Å². The minimum Gasteiger partial charge on any atom is -0.324 e. The molecule has 0 bridgehead atoms. The van der Waals surface area contributed by atoms with Crippen LogP contribution in [-0.4, -0.2) is 0 Å². The standard InChI is InChI=1S/C18H15Br2N/c19-16-8-7-12-9-15(6-5-13(12)10-16)18(21)11-14-3-1-2-4-17(14)20/h1-10,18H,11,21H2. The smallest absolute Gasteiger partial charge is 0.0336 e. The van der Waals surface area contributed by atoms with Gasteiger partial charge in [0.2, 0.25) is 0 Å². The Kier molecular flexibility index (Phi) is 4.43. The van der Waals surface area contributed by atoms with Crippen molar-refractivity contribution in [2.24, 2.45) is 5.73 Å². The Bertz CT molecular complexity index is 783. The van der Waals surface area contributed by atoms with Gasteiger partial charge in [-0.05, 0) is 52.6 Å². The van der Waals surface area contributed by atoms with E-state index >= 15 is 0 Å². The number of fused-ring (bicyclic) bond motifs is 1. The number of rotatable bonds is 3. The summed E-state index contributed by atoms with van der Waals surface area (Å²) in [7, 11) is 0. The summed E-state index contributed by atoms with van der Waals surface area (Å²) in [6.07, 6.45) is 0.823. The Labute approximate surface area is 141 Å². The van der Waals surface area contributed by atoms with Crippen LogP contribution in [0.4, 0.5) is 0 Å². The molecule has 3 aromatic rings. The predicted molar refractivity (Wildman–Crippen MR) is 96.4 cm³/mol. The van der Waals surface area contributed by atoms with E-state index in [-0.39, 0.29) is 6.04 Å². The molecule has 0 aliphatic heterocycles. The van der Waals surface area contributed by atoms with Gasteiger partial charge >= 0.3 is 0 Å². The fraction of sp³-hybridized carbons (Fsp3) is 0.111. The van der Waals surface area contributed by atoms with Crippen molar-refractivity contribution in [2.75, 3.05) is 0 Å². The van der Waals surface area contributed by atoms with E-state index in [9.17, 15) is 0 Å². The van der Waals surface area contributed by atoms with E-state index in [1.165, 1.54) is 21.9 Å². The van der Waals surface area contributed by atoms with Crippen molar-refractivity contribution >= 4 is 42.6 Å². The Morgan fingerprint density at radius 1 is 0.857 bits per heavy atom. The van der Waals surface area contributed by atoms with E-state index in [1.54, 1.807) is 0 Å². The minimum absolute atomic E-state index is 0.00301. The van der Waals surface area contributed by atoms with Crippen molar-refractivity contribution in [3.63, 3.8) is 0 Å². The van der Waals surface area contributed by atoms with E-state index in [1.807, 2.05) is 12.1 Å². The zero-order valence-corrected chi connectivity index (χ0v) is 14.6. The van der Waals surface area contributed by atoms with Gasteiger partial charge in [-0.1, -0.05) is 68.3 Å². The number of nitrogens with two attached hydrogens (primary N) is 1. The molecule has 0 spiro atoms. The van der Waals surface area contributed by atoms with Crippen LogP contribution in [0, 0.1) is 0 Å². The second-order valence-corrected chi connectivity index (χ2v) is 6.92. The number of hydrogen-bond acceptors (Lipinski definition) is 1. The van der Waals surface area contributed by atoms with Crippen LogP contribution in [0.1, 0.15) is 17.2 Å². The summed E-state index contributed by atoms with van der Waals surface area (Å²) in [5.41, 5.74) is 8.79. The summed E-state index contributed by atoms with van der Waals surface area (Å²) in [6.45, 7) is 0. The molecule has 0 heterocycles. The first kappa shape index (κ1) is 14.8. The molecule has 0 fully saturated rings. The average Bonchev–Trinajstić information content (AvgIpc) is 2.49. The second-order valence-electron chi connectivity index (χ2n) is 5.15. The largest absolute Gasteiger partial charge is 0.324 e. The van der Waals surface area contributed by atoms with E-state index in [0.29, 0.717) is 0 Å². The van der Waals surface area contributed by atoms with Gasteiger partial charge in [0.15, 0.2) is 0 Å². The fourth-order valence-electron chi connectivity index (χ4n) is 2.48. The Hall–Kier alpha value is -1.16. The third-order valence-electron chi connectivity index (χ3n) is 3.65. The highest BCUT2D eigenvalue weighted by Gasteiger charge is 2.10. The molecule has 1 atom stereocenters. The monoisotopic (exact) mass is 403 g/mol. The molecule has 0 aromatic heterocycles. The van der Waals surface area contributed by atoms with Gasteiger partial charge in [0.1, 0.15) is 0 Å². The molecule has 0 saturated heterocycles. The highest BCUT2D eigenvalue weighted by atomic mass is 79.9. The van der Waals surface area contributed by atoms with Crippen LogP contribution in [0.25, 0.3) is 10.8 Å². The van der Waals surface area contributed by atoms with Crippen LogP contribution in [0.2, 0.25) is 0 Å². The topological polar surface area (TPSA) is 26.0 Å². The molecular formula is C18H15Br2N. The summed E-state index contributed by atoms with van der Waals surface area (Å²) in [4.78, 5) is 0. The zero-order valence-electron chi connectivity index (χ0n) is 11.4. The second kappa shape index (κ2) is 6.30. The molecule has 3 rings (SSSR count). The van der Waals surface area contributed by atoms with Crippen LogP contribution in [-0.2, 0) is 6.42 Å². The maximum atomic E-state index is 6.39. The summed E-state index contributed by atoms with van der Waals surface area (Å²) in [6, 6.07) is 21.0. The molecule has 2 N–H and O–H groups in total. The van der Waals surface area contributed by atoms with Gasteiger partial charge in [-0.15, -0.1) is 0 Å². The van der Waals surface area contributed by atoms with Crippen molar-refractivity contribution in [3.8, 4) is 0 Å². The van der Waals surface area contributed by atoms with Gasteiger partial charge in [0.25, 0.3) is 0 Å². The molecule has 0 aliphatic rings. The number of halogens is 2. The van der Waals surface area contributed by atoms with E-state index in [4.69, 9.17) is 5.73 Å². The first-order valence-electron chi connectivity index (χ1n) is 6.82. The maximum absolute atomic E-state index is 6.39. The van der Waals surface area contributed by atoms with Crippen molar-refractivity contribution in [1.29, 1.82) is 0 Å². The maximum Gasteiger partial charge on any atom is 0.0336 e. The Morgan fingerprint density at radius 3 is 2.38 bits per heavy atom. The molecule has 3 heteroatoms. The zero-order chi connectivity index (χ0) is 14.8.